The molecule has 0 unspecified atom stereocenters. The number of alkyl halides is 2. The molecule has 38 heavy (non-hydrogen) atoms. The van der Waals surface area contributed by atoms with E-state index in [2.05, 4.69) is 25.9 Å². The van der Waals surface area contributed by atoms with Gasteiger partial charge in [0, 0.05) is 35.5 Å². The van der Waals surface area contributed by atoms with Crippen LogP contribution in [0.1, 0.15) is 29.1 Å². The number of hydrogen-bond donors (Lipinski definition) is 6. The Morgan fingerprint density at radius 1 is 1.11 bits per heavy atom. The molecule has 10 nitrogen and oxygen atoms in total. The molecule has 0 aliphatic carbocycles. The zero-order chi connectivity index (χ0) is 27.6. The van der Waals surface area contributed by atoms with Crippen LogP contribution in [0.15, 0.2) is 48.5 Å². The molecule has 0 spiro atoms. The van der Waals surface area contributed by atoms with Gasteiger partial charge >= 0.3 is 6.03 Å². The van der Waals surface area contributed by atoms with Crippen molar-refractivity contribution in [3.8, 4) is 11.3 Å². The molecular formula is C25H25F2N7O3S. The molecule has 198 valence electrons. The third kappa shape index (κ3) is 5.79. The standard InChI is InChI=1S/C25H25F2N7O3S/c1-12(11-35)30-23-33-19(17-18(28)20(21(29)36)38-22(17)34-23)13-4-3-5-16(10-13)32-24(37)31-15-8-6-14(7-9-15)25(2,26)27/h3-10,12,35H,11,28H2,1-2H3,(H2,29,36)(H,30,33,34)(H2,31,32,37)/t12-/m1/s1. The molecule has 3 amide bonds. The number of aliphatic hydroxyl groups excluding tert-OH is 1. The van der Waals surface area contributed by atoms with Gasteiger partial charge < -0.3 is 32.5 Å². The van der Waals surface area contributed by atoms with Crippen molar-refractivity contribution in [2.75, 3.05) is 28.3 Å². The number of nitrogens with zero attached hydrogens (tertiary/aromatic N) is 2. The number of benzene rings is 2. The largest absolute Gasteiger partial charge is 0.397 e. The predicted molar refractivity (Wildman–Crippen MR) is 145 cm³/mol. The molecule has 4 aromatic rings. The molecule has 2 heterocycles. The van der Waals surface area contributed by atoms with E-state index < -0.39 is 17.9 Å². The maximum absolute atomic E-state index is 13.4. The number of primary amides is 1. The predicted octanol–water partition coefficient (Wildman–Crippen LogP) is 4.59. The lowest BCUT2D eigenvalue weighted by Crippen LogP contribution is -2.21. The van der Waals surface area contributed by atoms with E-state index in [9.17, 15) is 23.5 Å². The molecule has 0 saturated carbocycles. The Morgan fingerprint density at radius 2 is 1.79 bits per heavy atom. The minimum absolute atomic E-state index is 0.142. The summed E-state index contributed by atoms with van der Waals surface area (Å²) < 4.78 is 26.9. The summed E-state index contributed by atoms with van der Waals surface area (Å²) >= 11 is 1.03. The zero-order valence-electron chi connectivity index (χ0n) is 20.4. The average molecular weight is 542 g/mol. The van der Waals surface area contributed by atoms with Gasteiger partial charge in [-0.15, -0.1) is 11.3 Å². The van der Waals surface area contributed by atoms with Gasteiger partial charge in [0.15, 0.2) is 0 Å². The number of carbonyl (C=O) groups is 2. The summed E-state index contributed by atoms with van der Waals surface area (Å²) in [5.74, 6) is -3.47. The van der Waals surface area contributed by atoms with E-state index in [0.717, 1.165) is 18.3 Å². The third-order valence-corrected chi connectivity index (χ3v) is 6.62. The second-order valence-corrected chi connectivity index (χ2v) is 9.64. The molecule has 0 bridgehead atoms. The van der Waals surface area contributed by atoms with Crippen LogP contribution < -0.4 is 27.4 Å². The lowest BCUT2D eigenvalue weighted by atomic mass is 10.1. The first-order chi connectivity index (χ1) is 18.0. The van der Waals surface area contributed by atoms with Crippen molar-refractivity contribution in [2.24, 2.45) is 5.73 Å². The first-order valence-corrected chi connectivity index (χ1v) is 12.2. The SMILES string of the molecule is C[C@H](CO)Nc1nc(-c2cccc(NC(=O)Nc3ccc(C(C)(F)F)cc3)c2)c2c(N)c(C(N)=O)sc2n1. The molecule has 0 saturated heterocycles. The fraction of sp³-hybridized carbons (Fsp3) is 0.200. The van der Waals surface area contributed by atoms with Crippen LogP contribution in [0, 0.1) is 0 Å². The number of nitrogens with two attached hydrogens (primary N) is 2. The summed E-state index contributed by atoms with van der Waals surface area (Å²) in [5, 5.41) is 18.1. The quantitative estimate of drug-likeness (QED) is 0.190. The van der Waals surface area contributed by atoms with Crippen molar-refractivity contribution in [1.82, 2.24) is 9.97 Å². The van der Waals surface area contributed by atoms with Gasteiger partial charge in [0.1, 0.15) is 9.71 Å². The number of aliphatic hydroxyl groups is 1. The molecule has 2 aromatic carbocycles. The topological polar surface area (TPSA) is 168 Å². The van der Waals surface area contributed by atoms with Crippen molar-refractivity contribution in [1.29, 1.82) is 0 Å². The van der Waals surface area contributed by atoms with Gasteiger partial charge in [-0.3, -0.25) is 4.79 Å². The molecule has 0 aliphatic rings. The molecule has 2 aromatic heterocycles. The van der Waals surface area contributed by atoms with Gasteiger partial charge in [0.05, 0.1) is 23.4 Å². The van der Waals surface area contributed by atoms with Gasteiger partial charge in [-0.05, 0) is 31.2 Å². The van der Waals surface area contributed by atoms with Gasteiger partial charge in [-0.25, -0.2) is 23.5 Å². The van der Waals surface area contributed by atoms with Crippen LogP contribution >= 0.6 is 11.3 Å². The summed E-state index contributed by atoms with van der Waals surface area (Å²) in [6.45, 7) is 2.38. The van der Waals surface area contributed by atoms with E-state index in [-0.39, 0.29) is 34.7 Å². The highest BCUT2D eigenvalue weighted by atomic mass is 32.1. The van der Waals surface area contributed by atoms with Gasteiger partial charge in [-0.1, -0.05) is 24.3 Å². The van der Waals surface area contributed by atoms with E-state index in [4.69, 9.17) is 11.5 Å². The van der Waals surface area contributed by atoms with E-state index in [1.165, 1.54) is 24.3 Å². The van der Waals surface area contributed by atoms with Gasteiger partial charge in [-0.2, -0.15) is 0 Å². The second-order valence-electron chi connectivity index (χ2n) is 8.64. The maximum Gasteiger partial charge on any atom is 0.323 e. The number of rotatable bonds is 8. The Labute approximate surface area is 220 Å². The molecule has 0 fully saturated rings. The van der Waals surface area contributed by atoms with Crippen LogP contribution in [-0.2, 0) is 5.92 Å². The first-order valence-electron chi connectivity index (χ1n) is 11.4. The highest BCUT2D eigenvalue weighted by Crippen LogP contribution is 2.39. The Balaban J connectivity index is 1.64. The number of hydrogen-bond acceptors (Lipinski definition) is 8. The number of urea groups is 1. The van der Waals surface area contributed by atoms with E-state index >= 15 is 0 Å². The lowest BCUT2D eigenvalue weighted by molar-refractivity contribution is 0.0175. The Bertz CT molecular complexity index is 1500. The van der Waals surface area contributed by atoms with Crippen LogP contribution in [0.2, 0.25) is 0 Å². The summed E-state index contributed by atoms with van der Waals surface area (Å²) in [5.41, 5.74) is 13.4. The second kappa shape index (κ2) is 10.6. The molecule has 0 radical (unpaired) electrons. The number of aromatic nitrogens is 2. The highest BCUT2D eigenvalue weighted by molar-refractivity contribution is 7.21. The normalized spacial score (nSPS) is 12.2. The summed E-state index contributed by atoms with van der Waals surface area (Å²) in [6, 6.07) is 11.1. The average Bonchev–Trinajstić information content (AvgIpc) is 3.20. The summed E-state index contributed by atoms with van der Waals surface area (Å²) in [4.78, 5) is 34.0. The van der Waals surface area contributed by atoms with E-state index in [1.54, 1.807) is 31.2 Å². The van der Waals surface area contributed by atoms with Crippen LogP contribution in [-0.4, -0.2) is 39.7 Å². The molecule has 8 N–H and O–H groups in total. The Kier molecular flexibility index (Phi) is 7.41. The lowest BCUT2D eigenvalue weighted by Gasteiger charge is -2.14. The number of nitrogen functional groups attached to an aromatic ring is 1. The van der Waals surface area contributed by atoms with E-state index in [1.807, 2.05) is 0 Å². The third-order valence-electron chi connectivity index (χ3n) is 5.51. The Hall–Kier alpha value is -4.36. The monoisotopic (exact) mass is 541 g/mol. The Morgan fingerprint density at radius 3 is 2.42 bits per heavy atom. The molecule has 1 atom stereocenters. The van der Waals surface area contributed by atoms with Crippen LogP contribution in [0.5, 0.6) is 0 Å². The van der Waals surface area contributed by atoms with Gasteiger partial charge in [0.2, 0.25) is 5.95 Å². The highest BCUT2D eigenvalue weighted by Gasteiger charge is 2.24. The minimum atomic E-state index is -2.98. The number of amides is 3. The van der Waals surface area contributed by atoms with Crippen molar-refractivity contribution in [3.63, 3.8) is 0 Å². The zero-order valence-corrected chi connectivity index (χ0v) is 21.2. The van der Waals surface area contributed by atoms with Crippen molar-refractivity contribution in [2.45, 2.75) is 25.8 Å². The maximum atomic E-state index is 13.4. The minimum Gasteiger partial charge on any atom is -0.397 e. The number of carbonyl (C=O) groups excluding carboxylic acids is 2. The van der Waals surface area contributed by atoms with Crippen LogP contribution in [0.3, 0.4) is 0 Å². The fourth-order valence-corrected chi connectivity index (χ4v) is 4.58. The number of anilines is 4. The number of halogens is 2. The summed E-state index contributed by atoms with van der Waals surface area (Å²) in [6.07, 6.45) is 0. The van der Waals surface area contributed by atoms with E-state index in [0.29, 0.717) is 32.8 Å². The van der Waals surface area contributed by atoms with Crippen molar-refractivity contribution in [3.05, 3.63) is 59.0 Å². The molecular weight excluding hydrogens is 516 g/mol. The number of thiophene rings is 1. The van der Waals surface area contributed by atoms with Crippen LogP contribution in [0.25, 0.3) is 21.5 Å². The molecule has 4 rings (SSSR count). The van der Waals surface area contributed by atoms with Crippen molar-refractivity contribution < 1.29 is 23.5 Å². The van der Waals surface area contributed by atoms with Gasteiger partial charge in [0.25, 0.3) is 11.8 Å². The van der Waals surface area contributed by atoms with Crippen LogP contribution in [0.4, 0.5) is 36.6 Å². The number of fused-ring (bicyclic) bond motifs is 1. The smallest absolute Gasteiger partial charge is 0.323 e. The number of nitrogens with one attached hydrogen (secondary N) is 3. The molecule has 0 aliphatic heterocycles. The first kappa shape index (κ1) is 26.7. The molecule has 13 heteroatoms. The summed E-state index contributed by atoms with van der Waals surface area (Å²) in [7, 11) is 0. The van der Waals surface area contributed by atoms with Crippen molar-refractivity contribution >= 4 is 56.5 Å². The fourth-order valence-electron chi connectivity index (χ4n) is 3.63.